The van der Waals surface area contributed by atoms with Crippen molar-refractivity contribution < 1.29 is 0 Å². The molecule has 0 bridgehead atoms. The number of hydrogen-bond donors (Lipinski definition) is 1. The van der Waals surface area contributed by atoms with Gasteiger partial charge in [0.2, 0.25) is 0 Å². The van der Waals surface area contributed by atoms with Crippen molar-refractivity contribution in [1.82, 2.24) is 5.32 Å². The molecule has 0 saturated carbocycles. The summed E-state index contributed by atoms with van der Waals surface area (Å²) in [4.78, 5) is 0. The summed E-state index contributed by atoms with van der Waals surface area (Å²) >= 11 is 6.33. The molecule has 0 heterocycles. The Bertz CT molecular complexity index is 592. The van der Waals surface area contributed by atoms with Gasteiger partial charge >= 0.3 is 0 Å². The van der Waals surface area contributed by atoms with Gasteiger partial charge in [-0.25, -0.2) is 0 Å². The van der Waals surface area contributed by atoms with E-state index < -0.39 is 0 Å². The van der Waals surface area contributed by atoms with Crippen LogP contribution in [0.1, 0.15) is 48.6 Å². The molecule has 112 valence electrons. The highest BCUT2D eigenvalue weighted by atomic mass is 35.5. The number of aryl methyl sites for hydroxylation is 2. The molecule has 2 aromatic carbocycles. The molecule has 1 nitrogen and oxygen atoms in total. The van der Waals surface area contributed by atoms with Gasteiger partial charge in [0.15, 0.2) is 0 Å². The maximum absolute atomic E-state index is 6.33. The van der Waals surface area contributed by atoms with Crippen molar-refractivity contribution in [1.29, 1.82) is 0 Å². The Balaban J connectivity index is 2.44. The Kier molecular flexibility index (Phi) is 5.84. The van der Waals surface area contributed by atoms with Crippen LogP contribution in [0.4, 0.5) is 0 Å². The minimum absolute atomic E-state index is 0.208. The van der Waals surface area contributed by atoms with Gasteiger partial charge in [0.1, 0.15) is 0 Å². The normalized spacial score (nSPS) is 12.4. The molecule has 2 aromatic rings. The molecule has 0 aliphatic carbocycles. The monoisotopic (exact) mass is 301 g/mol. The van der Waals surface area contributed by atoms with Crippen molar-refractivity contribution in [2.45, 2.75) is 39.7 Å². The summed E-state index contributed by atoms with van der Waals surface area (Å²) in [6.07, 6.45) is 2.16. The summed E-state index contributed by atoms with van der Waals surface area (Å²) in [6, 6.07) is 15.3. The average Bonchev–Trinajstić information content (AvgIpc) is 2.51. The Morgan fingerprint density at radius 1 is 1.10 bits per heavy atom. The lowest BCUT2D eigenvalue weighted by Crippen LogP contribution is -2.24. The van der Waals surface area contributed by atoms with Gasteiger partial charge in [0, 0.05) is 5.02 Å². The molecule has 0 radical (unpaired) electrons. The molecule has 0 fully saturated rings. The molecule has 1 unspecified atom stereocenters. The Hall–Kier alpha value is -1.31. The van der Waals surface area contributed by atoms with E-state index in [4.69, 9.17) is 11.6 Å². The van der Waals surface area contributed by atoms with Gasteiger partial charge < -0.3 is 5.32 Å². The second-order valence-electron chi connectivity index (χ2n) is 5.45. The van der Waals surface area contributed by atoms with Crippen LogP contribution in [0.5, 0.6) is 0 Å². The molecular formula is C19H24ClN. The molecule has 2 heteroatoms. The van der Waals surface area contributed by atoms with E-state index in [1.807, 2.05) is 6.92 Å². The summed E-state index contributed by atoms with van der Waals surface area (Å²) in [6.45, 7) is 7.44. The number of nitrogens with one attached hydrogen (secondary N) is 1. The van der Waals surface area contributed by atoms with Gasteiger partial charge in [-0.05, 0) is 54.6 Å². The molecule has 0 amide bonds. The lowest BCUT2D eigenvalue weighted by Gasteiger charge is -2.22. The minimum Gasteiger partial charge on any atom is -0.306 e. The topological polar surface area (TPSA) is 12.0 Å². The van der Waals surface area contributed by atoms with Crippen LogP contribution in [-0.4, -0.2) is 6.54 Å². The van der Waals surface area contributed by atoms with E-state index in [0.29, 0.717) is 0 Å². The maximum Gasteiger partial charge on any atom is 0.0579 e. The van der Waals surface area contributed by atoms with Crippen molar-refractivity contribution in [2.24, 2.45) is 0 Å². The number of hydrogen-bond acceptors (Lipinski definition) is 1. The first-order chi connectivity index (χ1) is 10.2. The highest BCUT2D eigenvalue weighted by Gasteiger charge is 2.16. The highest BCUT2D eigenvalue weighted by Crippen LogP contribution is 2.28. The fraction of sp³-hybridized carbons (Fsp3) is 0.368. The zero-order chi connectivity index (χ0) is 15.2. The summed E-state index contributed by atoms with van der Waals surface area (Å²) in [5.41, 5.74) is 5.11. The second kappa shape index (κ2) is 7.63. The van der Waals surface area contributed by atoms with E-state index >= 15 is 0 Å². The maximum atomic E-state index is 6.33. The van der Waals surface area contributed by atoms with Crippen molar-refractivity contribution >= 4 is 11.6 Å². The summed E-state index contributed by atoms with van der Waals surface area (Å²) in [7, 11) is 0. The first-order valence-corrected chi connectivity index (χ1v) is 8.12. The van der Waals surface area contributed by atoms with Crippen molar-refractivity contribution in [3.05, 3.63) is 69.7 Å². The van der Waals surface area contributed by atoms with E-state index in [1.54, 1.807) is 0 Å². The fourth-order valence-corrected chi connectivity index (χ4v) is 2.81. The molecule has 0 saturated heterocycles. The largest absolute Gasteiger partial charge is 0.306 e. The molecule has 1 N–H and O–H groups in total. The summed E-state index contributed by atoms with van der Waals surface area (Å²) in [5, 5.41) is 4.50. The van der Waals surface area contributed by atoms with Crippen molar-refractivity contribution in [3.8, 4) is 0 Å². The van der Waals surface area contributed by atoms with Gasteiger partial charge in [-0.2, -0.15) is 0 Å². The molecule has 0 aliphatic heterocycles. The van der Waals surface area contributed by atoms with Crippen LogP contribution in [0, 0.1) is 6.92 Å². The molecule has 0 aromatic heterocycles. The predicted octanol–water partition coefficient (Wildman–Crippen LogP) is 5.30. The van der Waals surface area contributed by atoms with Gasteiger partial charge in [0.25, 0.3) is 0 Å². The van der Waals surface area contributed by atoms with Crippen LogP contribution in [-0.2, 0) is 6.42 Å². The highest BCUT2D eigenvalue weighted by molar-refractivity contribution is 6.31. The van der Waals surface area contributed by atoms with E-state index in [1.165, 1.54) is 16.7 Å². The zero-order valence-corrected chi connectivity index (χ0v) is 13.9. The van der Waals surface area contributed by atoms with Crippen molar-refractivity contribution in [3.63, 3.8) is 0 Å². The third kappa shape index (κ3) is 3.87. The number of rotatable bonds is 6. The van der Waals surface area contributed by atoms with Gasteiger partial charge in [0.05, 0.1) is 6.04 Å². The molecule has 2 rings (SSSR count). The van der Waals surface area contributed by atoms with Gasteiger partial charge in [-0.15, -0.1) is 0 Å². The van der Waals surface area contributed by atoms with Crippen molar-refractivity contribution in [2.75, 3.05) is 6.54 Å². The smallest absolute Gasteiger partial charge is 0.0579 e. The number of halogens is 1. The van der Waals surface area contributed by atoms with E-state index in [0.717, 1.165) is 30.0 Å². The van der Waals surface area contributed by atoms with Crippen LogP contribution in [0.3, 0.4) is 0 Å². The fourth-order valence-electron chi connectivity index (χ4n) is 2.62. The SMILES string of the molecule is CCCNC(c1ccc(C)c(Cl)c1)c1ccccc1CC. The number of benzene rings is 2. The minimum atomic E-state index is 0.208. The first kappa shape index (κ1) is 16.1. The van der Waals surface area contributed by atoms with E-state index in [2.05, 4.69) is 61.6 Å². The molecule has 0 spiro atoms. The second-order valence-corrected chi connectivity index (χ2v) is 5.86. The van der Waals surface area contributed by atoms with Crippen LogP contribution >= 0.6 is 11.6 Å². The third-order valence-electron chi connectivity index (χ3n) is 3.87. The van der Waals surface area contributed by atoms with Crippen LogP contribution in [0.2, 0.25) is 5.02 Å². The Labute approximate surface area is 133 Å². The standard InChI is InChI=1S/C19H24ClN/c1-4-12-21-19(16-11-10-14(3)18(20)13-16)17-9-7-6-8-15(17)5-2/h6-11,13,19,21H,4-5,12H2,1-3H3. The molecule has 21 heavy (non-hydrogen) atoms. The predicted molar refractivity (Wildman–Crippen MR) is 92.1 cm³/mol. The molecule has 0 aliphatic rings. The van der Waals surface area contributed by atoms with E-state index in [-0.39, 0.29) is 6.04 Å². The van der Waals surface area contributed by atoms with Crippen LogP contribution in [0.15, 0.2) is 42.5 Å². The lowest BCUT2D eigenvalue weighted by molar-refractivity contribution is 0.594. The summed E-state index contributed by atoms with van der Waals surface area (Å²) < 4.78 is 0. The Morgan fingerprint density at radius 3 is 2.52 bits per heavy atom. The van der Waals surface area contributed by atoms with Gasteiger partial charge in [-0.3, -0.25) is 0 Å². The van der Waals surface area contributed by atoms with Crippen LogP contribution < -0.4 is 5.32 Å². The first-order valence-electron chi connectivity index (χ1n) is 7.74. The van der Waals surface area contributed by atoms with Gasteiger partial charge in [-0.1, -0.05) is 61.8 Å². The average molecular weight is 302 g/mol. The Morgan fingerprint density at radius 2 is 1.86 bits per heavy atom. The quantitative estimate of drug-likeness (QED) is 0.763. The third-order valence-corrected chi connectivity index (χ3v) is 4.28. The molecule has 1 atom stereocenters. The zero-order valence-electron chi connectivity index (χ0n) is 13.1. The van der Waals surface area contributed by atoms with Crippen LogP contribution in [0.25, 0.3) is 0 Å². The lowest BCUT2D eigenvalue weighted by atomic mass is 9.92. The molecular weight excluding hydrogens is 278 g/mol. The summed E-state index contributed by atoms with van der Waals surface area (Å²) in [5.74, 6) is 0. The van der Waals surface area contributed by atoms with E-state index in [9.17, 15) is 0 Å².